The van der Waals surface area contributed by atoms with Crippen LogP contribution in [0, 0.1) is 11.8 Å². The van der Waals surface area contributed by atoms with Gasteiger partial charge in [-0.2, -0.15) is 0 Å². The molecule has 22 heavy (non-hydrogen) atoms. The van der Waals surface area contributed by atoms with Crippen LogP contribution in [0.4, 0.5) is 0 Å². The normalized spacial score (nSPS) is 11.0. The summed E-state index contributed by atoms with van der Waals surface area (Å²) < 4.78 is 0.979. The van der Waals surface area contributed by atoms with E-state index in [2.05, 4.69) is 27.8 Å². The number of hydrogen-bond donors (Lipinski definition) is 1. The number of benzene rings is 2. The van der Waals surface area contributed by atoms with Gasteiger partial charge in [-0.15, -0.1) is 0 Å². The molecule has 0 fully saturated rings. The number of rotatable bonds is 3. The third kappa shape index (κ3) is 5.08. The molecule has 0 unspecified atom stereocenters. The van der Waals surface area contributed by atoms with Crippen molar-refractivity contribution in [2.45, 2.75) is 0 Å². The largest absolute Gasteiger partial charge is 0.478 e. The van der Waals surface area contributed by atoms with Crippen LogP contribution in [0.15, 0.2) is 77.3 Å². The van der Waals surface area contributed by atoms with Crippen molar-refractivity contribution in [3.05, 3.63) is 88.4 Å². The number of hydrogen-bond acceptors (Lipinski definition) is 1. The Kier molecular flexibility index (Phi) is 5.76. The fraction of sp³-hybridized carbons (Fsp3) is 0. The Hall–Kier alpha value is -2.57. The minimum atomic E-state index is -0.984. The van der Waals surface area contributed by atoms with Crippen molar-refractivity contribution in [3.63, 3.8) is 0 Å². The standard InChI is InChI=1S/C19H13BrO2/c20-18-13-11-17(12-14-18)16(7-4-8-19(21)22)10-9-15-5-2-1-3-6-15/h1-8,11-14H,(H,21,22)/b8-4+,16-7+. The second-order valence-electron chi connectivity index (χ2n) is 4.40. The lowest BCUT2D eigenvalue weighted by atomic mass is 10.1. The topological polar surface area (TPSA) is 37.3 Å². The lowest BCUT2D eigenvalue weighted by Crippen LogP contribution is -1.85. The van der Waals surface area contributed by atoms with E-state index in [0.717, 1.165) is 27.2 Å². The molecular formula is C19H13BrO2. The molecule has 2 aromatic carbocycles. The second-order valence-corrected chi connectivity index (χ2v) is 5.32. The van der Waals surface area contributed by atoms with Crippen LogP contribution >= 0.6 is 15.9 Å². The molecule has 1 N–H and O–H groups in total. The van der Waals surface area contributed by atoms with E-state index >= 15 is 0 Å². The predicted octanol–water partition coefficient (Wildman–Crippen LogP) is 4.53. The zero-order chi connectivity index (χ0) is 15.8. The van der Waals surface area contributed by atoms with E-state index < -0.39 is 5.97 Å². The van der Waals surface area contributed by atoms with Crippen molar-refractivity contribution in [2.24, 2.45) is 0 Å². The van der Waals surface area contributed by atoms with Gasteiger partial charge in [-0.05, 0) is 35.9 Å². The van der Waals surface area contributed by atoms with Gasteiger partial charge in [-0.25, -0.2) is 4.79 Å². The van der Waals surface area contributed by atoms with Crippen molar-refractivity contribution in [1.82, 2.24) is 0 Å². The smallest absolute Gasteiger partial charge is 0.328 e. The van der Waals surface area contributed by atoms with E-state index in [1.165, 1.54) is 6.08 Å². The van der Waals surface area contributed by atoms with Gasteiger partial charge in [-0.1, -0.05) is 64.2 Å². The van der Waals surface area contributed by atoms with Crippen molar-refractivity contribution in [3.8, 4) is 11.8 Å². The molecule has 0 saturated carbocycles. The highest BCUT2D eigenvalue weighted by molar-refractivity contribution is 9.10. The van der Waals surface area contributed by atoms with Crippen LogP contribution in [-0.4, -0.2) is 11.1 Å². The molecule has 0 atom stereocenters. The molecule has 0 aliphatic heterocycles. The molecule has 0 heterocycles. The van der Waals surface area contributed by atoms with Gasteiger partial charge in [0.05, 0.1) is 0 Å². The Morgan fingerprint density at radius 2 is 1.73 bits per heavy atom. The van der Waals surface area contributed by atoms with Gasteiger partial charge in [0.15, 0.2) is 0 Å². The molecule has 2 aromatic rings. The number of carboxylic acid groups (broad SMARTS) is 1. The molecule has 0 aliphatic carbocycles. The minimum absolute atomic E-state index is 0.758. The molecule has 0 amide bonds. The Morgan fingerprint density at radius 1 is 1.05 bits per heavy atom. The van der Waals surface area contributed by atoms with E-state index in [1.807, 2.05) is 54.6 Å². The van der Waals surface area contributed by atoms with Crippen LogP contribution in [-0.2, 0) is 4.79 Å². The quantitative estimate of drug-likeness (QED) is 0.500. The van der Waals surface area contributed by atoms with Gasteiger partial charge in [0.2, 0.25) is 0 Å². The Bertz CT molecular complexity index is 761. The average Bonchev–Trinajstić information content (AvgIpc) is 2.52. The summed E-state index contributed by atoms with van der Waals surface area (Å²) in [6.07, 6.45) is 4.27. The zero-order valence-corrected chi connectivity index (χ0v) is 13.2. The fourth-order valence-electron chi connectivity index (χ4n) is 1.73. The van der Waals surface area contributed by atoms with Crippen molar-refractivity contribution >= 4 is 27.5 Å². The minimum Gasteiger partial charge on any atom is -0.478 e. The lowest BCUT2D eigenvalue weighted by molar-refractivity contribution is -0.131. The number of allylic oxidation sites excluding steroid dienone is 3. The molecule has 0 bridgehead atoms. The molecule has 0 spiro atoms. The van der Waals surface area contributed by atoms with Gasteiger partial charge in [-0.3, -0.25) is 0 Å². The summed E-state index contributed by atoms with van der Waals surface area (Å²) in [6, 6.07) is 17.4. The summed E-state index contributed by atoms with van der Waals surface area (Å²) in [7, 11) is 0. The van der Waals surface area contributed by atoms with E-state index in [4.69, 9.17) is 5.11 Å². The lowest BCUT2D eigenvalue weighted by Gasteiger charge is -2.00. The Morgan fingerprint density at radius 3 is 2.36 bits per heavy atom. The first-order valence-corrected chi connectivity index (χ1v) is 7.39. The first-order chi connectivity index (χ1) is 10.6. The van der Waals surface area contributed by atoms with Crippen LogP contribution in [0.3, 0.4) is 0 Å². The predicted molar refractivity (Wildman–Crippen MR) is 92.2 cm³/mol. The van der Waals surface area contributed by atoms with Crippen LogP contribution < -0.4 is 0 Å². The highest BCUT2D eigenvalue weighted by Crippen LogP contribution is 2.18. The third-order valence-corrected chi connectivity index (χ3v) is 3.30. The summed E-state index contributed by atoms with van der Waals surface area (Å²) in [5.74, 6) is 5.20. The molecule has 2 rings (SSSR count). The fourth-order valence-corrected chi connectivity index (χ4v) is 1.99. The maximum Gasteiger partial charge on any atom is 0.328 e. The van der Waals surface area contributed by atoms with Gasteiger partial charge >= 0.3 is 5.97 Å². The summed E-state index contributed by atoms with van der Waals surface area (Å²) in [6.45, 7) is 0. The van der Waals surface area contributed by atoms with E-state index in [0.29, 0.717) is 0 Å². The molecule has 0 aromatic heterocycles. The number of carbonyl (C=O) groups is 1. The average molecular weight is 353 g/mol. The van der Waals surface area contributed by atoms with Crippen molar-refractivity contribution in [2.75, 3.05) is 0 Å². The second kappa shape index (κ2) is 8.02. The third-order valence-electron chi connectivity index (χ3n) is 2.77. The first kappa shape index (κ1) is 15.8. The van der Waals surface area contributed by atoms with Gasteiger partial charge in [0.25, 0.3) is 0 Å². The van der Waals surface area contributed by atoms with Gasteiger partial charge < -0.3 is 5.11 Å². The van der Waals surface area contributed by atoms with Crippen LogP contribution in [0.1, 0.15) is 11.1 Å². The Labute approximate surface area is 137 Å². The Balaban J connectivity index is 2.36. The van der Waals surface area contributed by atoms with Gasteiger partial charge in [0.1, 0.15) is 0 Å². The summed E-state index contributed by atoms with van der Waals surface area (Å²) in [5, 5.41) is 8.68. The maximum absolute atomic E-state index is 10.6. The molecular weight excluding hydrogens is 340 g/mol. The zero-order valence-electron chi connectivity index (χ0n) is 11.7. The number of halogens is 1. The molecule has 3 heteroatoms. The van der Waals surface area contributed by atoms with Crippen LogP contribution in [0.2, 0.25) is 0 Å². The number of aliphatic carboxylic acids is 1. The van der Waals surface area contributed by atoms with E-state index in [-0.39, 0.29) is 0 Å². The SMILES string of the molecule is O=C(O)/C=C/C=C(\C#Cc1ccccc1)c1ccc(Br)cc1. The molecule has 0 saturated heterocycles. The monoisotopic (exact) mass is 352 g/mol. The van der Waals surface area contributed by atoms with Crippen LogP contribution in [0.5, 0.6) is 0 Å². The van der Waals surface area contributed by atoms with Crippen molar-refractivity contribution < 1.29 is 9.90 Å². The highest BCUT2D eigenvalue weighted by Gasteiger charge is 1.98. The molecule has 0 aliphatic rings. The molecule has 108 valence electrons. The summed E-state index contributed by atoms with van der Waals surface area (Å²) >= 11 is 3.39. The van der Waals surface area contributed by atoms with Gasteiger partial charge in [0, 0.05) is 21.7 Å². The molecule has 0 radical (unpaired) electrons. The van der Waals surface area contributed by atoms with Crippen LogP contribution in [0.25, 0.3) is 5.57 Å². The first-order valence-electron chi connectivity index (χ1n) is 6.59. The summed E-state index contributed by atoms with van der Waals surface area (Å²) in [4.78, 5) is 10.6. The van der Waals surface area contributed by atoms with E-state index in [9.17, 15) is 4.79 Å². The number of carboxylic acids is 1. The maximum atomic E-state index is 10.6. The molecule has 2 nitrogen and oxygen atoms in total. The van der Waals surface area contributed by atoms with Crippen molar-refractivity contribution in [1.29, 1.82) is 0 Å². The highest BCUT2D eigenvalue weighted by atomic mass is 79.9. The summed E-state index contributed by atoms with van der Waals surface area (Å²) in [5.41, 5.74) is 2.60. The van der Waals surface area contributed by atoms with E-state index in [1.54, 1.807) is 6.08 Å².